The smallest absolute Gasteiger partial charge is 0.326 e. The van der Waals surface area contributed by atoms with Crippen LogP contribution in [0.25, 0.3) is 0 Å². The molecule has 27 nitrogen and oxygen atoms in total. The van der Waals surface area contributed by atoms with Crippen LogP contribution >= 0.6 is 0 Å². The number of carboxylic acid groups (broad SMARTS) is 2. The second kappa shape index (κ2) is 35.5. The summed E-state index contributed by atoms with van der Waals surface area (Å²) in [4.78, 5) is 153. The molecule has 460 valence electrons. The van der Waals surface area contributed by atoms with Crippen LogP contribution in [0.3, 0.4) is 0 Å². The summed E-state index contributed by atoms with van der Waals surface area (Å²) in [5.74, 6) is -13.0. The fraction of sp³-hybridized carbons (Fsp3) is 0.571. The number of aliphatic imine (C=N–C) groups is 1. The summed E-state index contributed by atoms with van der Waals surface area (Å²) in [5.41, 5.74) is 23.9. The molecule has 0 aliphatic carbocycles. The first-order valence-electron chi connectivity index (χ1n) is 27.7. The van der Waals surface area contributed by atoms with Crippen molar-refractivity contribution in [2.24, 2.45) is 51.6 Å². The lowest BCUT2D eigenvalue weighted by Gasteiger charge is -2.30. The highest BCUT2D eigenvalue weighted by atomic mass is 16.4. The van der Waals surface area contributed by atoms with E-state index in [0.29, 0.717) is 17.5 Å². The molecule has 2 aromatic carbocycles. The highest BCUT2D eigenvalue weighted by Gasteiger charge is 2.37. The summed E-state index contributed by atoms with van der Waals surface area (Å²) in [6.45, 7) is 13.6. The number of rotatable bonds is 37. The quantitative estimate of drug-likeness (QED) is 0.0220. The van der Waals surface area contributed by atoms with E-state index in [-0.39, 0.29) is 68.6 Å². The number of phenols is 1. The van der Waals surface area contributed by atoms with Gasteiger partial charge in [-0.1, -0.05) is 104 Å². The molecular weight excluding hydrogens is 1080 g/mol. The van der Waals surface area contributed by atoms with E-state index >= 15 is 0 Å². The highest BCUT2D eigenvalue weighted by Crippen LogP contribution is 2.16. The van der Waals surface area contributed by atoms with E-state index in [4.69, 9.17) is 22.9 Å². The molecule has 0 aliphatic heterocycles. The molecule has 0 radical (unpaired) electrons. The van der Waals surface area contributed by atoms with Gasteiger partial charge in [0.2, 0.25) is 53.2 Å². The second-order valence-electron chi connectivity index (χ2n) is 21.8. The molecule has 0 aromatic heterocycles. The Balaban J connectivity index is 2.49. The molecule has 27 heteroatoms. The molecule has 2 aromatic rings. The third kappa shape index (κ3) is 26.4. The van der Waals surface area contributed by atoms with Crippen molar-refractivity contribution in [1.29, 1.82) is 0 Å². The number of guanidine groups is 1. The lowest BCUT2D eigenvalue weighted by Crippen LogP contribution is -2.61. The van der Waals surface area contributed by atoms with Crippen molar-refractivity contribution < 1.29 is 68.1 Å². The first kappa shape index (κ1) is 70.7. The number of hydrogen-bond acceptors (Lipinski definition) is 14. The van der Waals surface area contributed by atoms with E-state index < -0.39 is 151 Å². The van der Waals surface area contributed by atoms with Gasteiger partial charge in [-0.25, -0.2) is 4.79 Å². The van der Waals surface area contributed by atoms with Gasteiger partial charge in [-0.05, 0) is 85.5 Å². The van der Waals surface area contributed by atoms with Gasteiger partial charge < -0.3 is 80.8 Å². The van der Waals surface area contributed by atoms with Crippen molar-refractivity contribution in [2.45, 2.75) is 174 Å². The number of primary amides is 1. The fourth-order valence-corrected chi connectivity index (χ4v) is 8.51. The number of benzene rings is 2. The highest BCUT2D eigenvalue weighted by molar-refractivity contribution is 5.99. The number of hydrogen-bond donors (Lipinski definition) is 15. The largest absolute Gasteiger partial charge is 0.508 e. The summed E-state index contributed by atoms with van der Waals surface area (Å²) in [5, 5.41) is 49.8. The van der Waals surface area contributed by atoms with Gasteiger partial charge >= 0.3 is 11.9 Å². The fourth-order valence-electron chi connectivity index (χ4n) is 8.51. The van der Waals surface area contributed by atoms with Crippen molar-refractivity contribution in [1.82, 2.24) is 42.5 Å². The van der Waals surface area contributed by atoms with E-state index in [1.807, 2.05) is 0 Å². The van der Waals surface area contributed by atoms with Crippen molar-refractivity contribution in [3.8, 4) is 5.75 Å². The van der Waals surface area contributed by atoms with Crippen molar-refractivity contribution in [3.05, 3.63) is 65.7 Å². The van der Waals surface area contributed by atoms with Gasteiger partial charge in [-0.2, -0.15) is 0 Å². The Hall–Kier alpha value is -8.36. The average Bonchev–Trinajstić information content (AvgIpc) is 3.42. The first-order valence-corrected chi connectivity index (χ1v) is 27.7. The molecule has 10 atom stereocenters. The molecule has 0 bridgehead atoms. The van der Waals surface area contributed by atoms with Gasteiger partial charge in [0.25, 0.3) is 0 Å². The van der Waals surface area contributed by atoms with Crippen molar-refractivity contribution >= 4 is 71.1 Å². The molecule has 19 N–H and O–H groups in total. The predicted octanol–water partition coefficient (Wildman–Crippen LogP) is -0.944. The van der Waals surface area contributed by atoms with Crippen molar-refractivity contribution in [2.75, 3.05) is 6.54 Å². The Morgan fingerprint density at radius 2 is 0.964 bits per heavy atom. The predicted molar refractivity (Wildman–Crippen MR) is 307 cm³/mol. The number of aliphatic carboxylic acids is 2. The number of carboxylic acids is 2. The van der Waals surface area contributed by atoms with Crippen LogP contribution in [-0.2, 0) is 65.6 Å². The van der Waals surface area contributed by atoms with Crippen LogP contribution in [0.2, 0.25) is 0 Å². The topological polar surface area (TPSA) is 461 Å². The summed E-state index contributed by atoms with van der Waals surface area (Å²) >= 11 is 0. The number of nitrogens with one attached hydrogen (secondary N) is 8. The summed E-state index contributed by atoms with van der Waals surface area (Å²) in [6.07, 6.45) is -1.84. The van der Waals surface area contributed by atoms with Crippen LogP contribution in [0.15, 0.2) is 59.6 Å². The third-order valence-electron chi connectivity index (χ3n) is 13.3. The van der Waals surface area contributed by atoms with Crippen LogP contribution < -0.4 is 65.5 Å². The average molecular weight is 1170 g/mol. The van der Waals surface area contributed by atoms with Gasteiger partial charge in [-0.15, -0.1) is 0 Å². The molecular formula is C56H87N13O14. The third-order valence-corrected chi connectivity index (χ3v) is 13.3. The zero-order valence-electron chi connectivity index (χ0n) is 48.6. The van der Waals surface area contributed by atoms with E-state index in [9.17, 15) is 68.1 Å². The van der Waals surface area contributed by atoms with Crippen LogP contribution in [-0.4, -0.2) is 147 Å². The molecule has 0 spiro atoms. The van der Waals surface area contributed by atoms with Crippen molar-refractivity contribution in [3.63, 3.8) is 0 Å². The van der Waals surface area contributed by atoms with Crippen LogP contribution in [0.4, 0.5) is 0 Å². The van der Waals surface area contributed by atoms with Gasteiger partial charge in [-0.3, -0.25) is 52.9 Å². The Morgan fingerprint density at radius 1 is 0.518 bits per heavy atom. The normalized spacial score (nSPS) is 14.8. The number of nitrogens with two attached hydrogens (primary N) is 4. The molecule has 83 heavy (non-hydrogen) atoms. The van der Waals surface area contributed by atoms with Gasteiger partial charge in [0.05, 0.1) is 12.5 Å². The second-order valence-corrected chi connectivity index (χ2v) is 21.8. The zero-order chi connectivity index (χ0) is 62.7. The zero-order valence-corrected chi connectivity index (χ0v) is 48.6. The SMILES string of the molecule is CC[C@H](C)[C@H](NC(=O)[C@H](CCCN=C(N)N)NC(=O)[C@H](CC(=O)O)NC(=O)[C@H](CCC(N)=O)NC(=O)[C@H](CC(C)C)NC(=O)[C@H](CC(C)C)NC(=O)[C@@H](N)Cc1ccc(O)cc1)C(=O)N[C@@H](Cc1ccccc1)C(=O)N[C@H](C(=O)O)C(C)C. The number of aromatic hydroxyl groups is 1. The number of carbonyl (C=O) groups excluding carboxylic acids is 9. The van der Waals surface area contributed by atoms with Gasteiger partial charge in [0.15, 0.2) is 5.96 Å². The van der Waals surface area contributed by atoms with E-state index in [1.54, 1.807) is 97.9 Å². The summed E-state index contributed by atoms with van der Waals surface area (Å²) in [7, 11) is 0. The monoisotopic (exact) mass is 1170 g/mol. The van der Waals surface area contributed by atoms with E-state index in [0.717, 1.165) is 0 Å². The Kier molecular flexibility index (Phi) is 30.2. The maximum atomic E-state index is 14.4. The Bertz CT molecular complexity index is 2540. The number of nitrogens with zero attached hydrogens (tertiary/aromatic N) is 1. The number of carbonyl (C=O) groups is 11. The summed E-state index contributed by atoms with van der Waals surface area (Å²) in [6, 6.07) is 1.72. The molecule has 0 fully saturated rings. The van der Waals surface area contributed by atoms with Crippen LogP contribution in [0, 0.1) is 23.7 Å². The Labute approximate surface area is 483 Å². The minimum atomic E-state index is -1.96. The molecule has 0 aliphatic rings. The van der Waals surface area contributed by atoms with Gasteiger partial charge in [0, 0.05) is 19.4 Å². The minimum Gasteiger partial charge on any atom is -0.508 e. The van der Waals surface area contributed by atoms with Gasteiger partial charge in [0.1, 0.15) is 54.1 Å². The van der Waals surface area contributed by atoms with E-state index in [2.05, 4.69) is 47.5 Å². The molecule has 0 heterocycles. The lowest BCUT2D eigenvalue weighted by molar-refractivity contribution is -0.143. The molecule has 9 amide bonds. The Morgan fingerprint density at radius 3 is 1.46 bits per heavy atom. The first-order chi connectivity index (χ1) is 38.9. The maximum absolute atomic E-state index is 14.4. The molecule has 0 unspecified atom stereocenters. The summed E-state index contributed by atoms with van der Waals surface area (Å²) < 4.78 is 0. The molecule has 2 rings (SSSR count). The maximum Gasteiger partial charge on any atom is 0.326 e. The number of phenolic OH excluding ortho intramolecular Hbond substituents is 1. The molecule has 0 saturated carbocycles. The standard InChI is InChI=1S/C56H87N13O14/c1-9-32(8)46(54(81)67-41(27-33-14-11-10-12-15-33)53(80)68-45(31(6)7)55(82)83)69-49(76)37(16-13-23-61-56(59)60)62-52(79)42(28-44(72)73)66-48(75)38(21-22-43(58)71)63-50(77)40(25-30(4)5)65-51(78)39(24-29(2)3)64-47(74)36(57)26-34-17-19-35(70)20-18-34/h10-12,14-15,17-20,29-32,36-42,45-46,70H,9,13,16,21-28,57H2,1-8H3,(H2,58,71)(H,62,79)(H,63,77)(H,64,74)(H,65,78)(H,66,75)(H,67,81)(H,68,80)(H,69,76)(H,72,73)(H,82,83)(H4,59,60,61)/t32-,36-,37-,38-,39-,40-,41-,42-,45-,46-/m0/s1. The van der Waals surface area contributed by atoms with Crippen LogP contribution in [0.1, 0.15) is 118 Å². The number of amides is 9. The van der Waals surface area contributed by atoms with E-state index in [1.165, 1.54) is 12.1 Å². The molecule has 0 saturated heterocycles. The van der Waals surface area contributed by atoms with Crippen LogP contribution in [0.5, 0.6) is 5.75 Å². The minimum absolute atomic E-state index is 0.00418. The lowest BCUT2D eigenvalue weighted by atomic mass is 9.96.